The average molecular weight is 554 g/mol. The third-order valence-electron chi connectivity index (χ3n) is 6.79. The highest BCUT2D eigenvalue weighted by molar-refractivity contribution is 7.89. The van der Waals surface area contributed by atoms with E-state index in [1.165, 1.54) is 17.7 Å². The Hall–Kier alpha value is -3.35. The molecule has 1 aromatic heterocycles. The minimum Gasteiger partial charge on any atom is -0.489 e. The Balaban J connectivity index is 1.29. The Morgan fingerprint density at radius 1 is 1.08 bits per heavy atom. The maximum atomic E-state index is 12.9. The number of sulfonamides is 1. The third kappa shape index (κ3) is 8.32. The van der Waals surface area contributed by atoms with E-state index < -0.39 is 22.0 Å². The second-order valence-corrected chi connectivity index (χ2v) is 11.4. The summed E-state index contributed by atoms with van der Waals surface area (Å²) in [5.41, 5.74) is 4.74. The molecule has 1 saturated heterocycles. The molecule has 0 saturated carbocycles. The van der Waals surface area contributed by atoms with Crippen LogP contribution in [0.4, 0.5) is 0 Å². The zero-order valence-corrected chi connectivity index (χ0v) is 22.7. The van der Waals surface area contributed by atoms with Crippen LogP contribution in [-0.2, 0) is 28.0 Å². The second kappa shape index (κ2) is 13.6. The molecule has 4 N–H and O–H groups in total. The van der Waals surface area contributed by atoms with Gasteiger partial charge in [0.05, 0.1) is 4.90 Å². The van der Waals surface area contributed by atoms with Crippen molar-refractivity contribution in [2.24, 2.45) is 0 Å². The summed E-state index contributed by atoms with van der Waals surface area (Å²) < 4.78 is 34.2. The summed E-state index contributed by atoms with van der Waals surface area (Å²) in [5.74, 6) is -0.117. The first-order chi connectivity index (χ1) is 18.8. The monoisotopic (exact) mass is 553 g/mol. The highest BCUT2D eigenvalue weighted by Crippen LogP contribution is 2.19. The van der Waals surface area contributed by atoms with Gasteiger partial charge in [-0.15, -0.1) is 0 Å². The maximum Gasteiger partial charge on any atom is 0.262 e. The van der Waals surface area contributed by atoms with E-state index in [4.69, 9.17) is 4.74 Å². The van der Waals surface area contributed by atoms with Gasteiger partial charge >= 0.3 is 0 Å². The van der Waals surface area contributed by atoms with E-state index in [0.29, 0.717) is 31.5 Å². The molecule has 2 aromatic carbocycles. The van der Waals surface area contributed by atoms with Crippen molar-refractivity contribution in [3.8, 4) is 5.75 Å². The lowest BCUT2D eigenvalue weighted by Gasteiger charge is -2.36. The number of carbonyl (C=O) groups excluding carboxylic acids is 1. The molecule has 0 spiro atoms. The number of benzene rings is 2. The molecule has 10 nitrogen and oxygen atoms in total. The molecular formula is C28H35N5O5S. The van der Waals surface area contributed by atoms with Crippen molar-refractivity contribution in [2.45, 2.75) is 49.9 Å². The predicted octanol–water partition coefficient (Wildman–Crippen LogP) is 2.38. The van der Waals surface area contributed by atoms with Crippen LogP contribution in [0.25, 0.3) is 0 Å². The summed E-state index contributed by atoms with van der Waals surface area (Å²) in [6.07, 6.45) is 3.31. The van der Waals surface area contributed by atoms with Crippen LogP contribution in [0.5, 0.6) is 5.75 Å². The van der Waals surface area contributed by atoms with Crippen LogP contribution in [0.2, 0.25) is 0 Å². The van der Waals surface area contributed by atoms with Crippen molar-refractivity contribution in [2.75, 3.05) is 19.6 Å². The second-order valence-electron chi connectivity index (χ2n) is 9.59. The van der Waals surface area contributed by atoms with Crippen LogP contribution in [-0.4, -0.2) is 61.1 Å². The summed E-state index contributed by atoms with van der Waals surface area (Å²) in [7, 11) is -3.89. The minimum atomic E-state index is -3.89. The predicted molar refractivity (Wildman–Crippen MR) is 147 cm³/mol. The number of amides is 1. The number of hydrogen-bond acceptors (Lipinski definition) is 8. The molecule has 0 radical (unpaired) electrons. The van der Waals surface area contributed by atoms with Crippen molar-refractivity contribution >= 4 is 15.9 Å². The van der Waals surface area contributed by atoms with Gasteiger partial charge in [0.25, 0.3) is 5.91 Å². The van der Waals surface area contributed by atoms with Crippen LogP contribution in [0.15, 0.2) is 77.8 Å². The smallest absolute Gasteiger partial charge is 0.262 e. The molecule has 1 amide bonds. The summed E-state index contributed by atoms with van der Waals surface area (Å²) in [4.78, 5) is 18.5. The summed E-state index contributed by atoms with van der Waals surface area (Å²) in [5, 5.41) is 12.8. The van der Waals surface area contributed by atoms with Gasteiger partial charge in [0.2, 0.25) is 10.0 Å². The molecule has 39 heavy (non-hydrogen) atoms. The normalized spacial score (nSPS) is 15.5. The first-order valence-electron chi connectivity index (χ1n) is 12.9. The van der Waals surface area contributed by atoms with E-state index in [-0.39, 0.29) is 11.4 Å². The highest BCUT2D eigenvalue weighted by atomic mass is 32.2. The fraction of sp³-hybridized carbons (Fsp3) is 0.357. The number of nitrogens with one attached hydrogen (secondary N) is 3. The number of hydrogen-bond donors (Lipinski definition) is 4. The summed E-state index contributed by atoms with van der Waals surface area (Å²) in [6, 6.07) is 19.5. The number of piperidine rings is 1. The van der Waals surface area contributed by atoms with Gasteiger partial charge in [0.15, 0.2) is 0 Å². The number of pyridine rings is 1. The number of rotatable bonds is 12. The van der Waals surface area contributed by atoms with Crippen LogP contribution < -0.4 is 20.3 Å². The van der Waals surface area contributed by atoms with Crippen molar-refractivity contribution in [3.05, 3.63) is 89.7 Å². The van der Waals surface area contributed by atoms with E-state index in [1.54, 1.807) is 23.8 Å². The van der Waals surface area contributed by atoms with Gasteiger partial charge < -0.3 is 10.1 Å². The molecule has 1 unspecified atom stereocenters. The zero-order chi connectivity index (χ0) is 27.7. The van der Waals surface area contributed by atoms with Gasteiger partial charge in [-0.3, -0.25) is 19.9 Å². The molecule has 1 fully saturated rings. The fourth-order valence-corrected chi connectivity index (χ4v) is 5.62. The Morgan fingerprint density at radius 3 is 2.46 bits per heavy atom. The number of hydroxylamine groups is 1. The third-order valence-corrected chi connectivity index (χ3v) is 8.23. The number of nitrogens with zero attached hydrogens (tertiary/aromatic N) is 2. The summed E-state index contributed by atoms with van der Waals surface area (Å²) >= 11 is 0. The van der Waals surface area contributed by atoms with Gasteiger partial charge in [-0.1, -0.05) is 30.3 Å². The van der Waals surface area contributed by atoms with Gasteiger partial charge in [0, 0.05) is 44.1 Å². The molecule has 0 aliphatic carbocycles. The number of aryl methyl sites for hydroxylation is 1. The van der Waals surface area contributed by atoms with Crippen molar-refractivity contribution in [1.29, 1.82) is 0 Å². The average Bonchev–Trinajstić information content (AvgIpc) is 2.96. The van der Waals surface area contributed by atoms with Crippen molar-refractivity contribution < 1.29 is 23.2 Å². The molecule has 1 aliphatic heterocycles. The molecule has 11 heteroatoms. The molecule has 1 aliphatic rings. The maximum absolute atomic E-state index is 12.9. The molecule has 3 aromatic rings. The number of likely N-dealkylation sites (tertiary alicyclic amines) is 1. The van der Waals surface area contributed by atoms with Crippen LogP contribution in [0.1, 0.15) is 29.7 Å². The van der Waals surface area contributed by atoms with Crippen molar-refractivity contribution in [1.82, 2.24) is 25.4 Å². The largest absolute Gasteiger partial charge is 0.489 e. The van der Waals surface area contributed by atoms with Crippen molar-refractivity contribution in [3.63, 3.8) is 0 Å². The van der Waals surface area contributed by atoms with E-state index in [1.807, 2.05) is 42.2 Å². The molecular weight excluding hydrogens is 518 g/mol. The fourth-order valence-electron chi connectivity index (χ4n) is 4.58. The highest BCUT2D eigenvalue weighted by Gasteiger charge is 2.31. The number of aromatic nitrogens is 1. The Labute approximate surface area is 229 Å². The molecule has 4 rings (SSSR count). The van der Waals surface area contributed by atoms with E-state index in [9.17, 15) is 18.4 Å². The number of ether oxygens (including phenoxy) is 1. The minimum absolute atomic E-state index is 0.0570. The molecule has 0 bridgehead atoms. The van der Waals surface area contributed by atoms with Gasteiger partial charge in [0.1, 0.15) is 18.4 Å². The van der Waals surface area contributed by atoms with E-state index in [0.717, 1.165) is 30.6 Å². The Bertz CT molecular complexity index is 1310. The molecule has 208 valence electrons. The summed E-state index contributed by atoms with van der Waals surface area (Å²) in [6.45, 7) is 4.02. The van der Waals surface area contributed by atoms with Gasteiger partial charge in [-0.25, -0.2) is 18.6 Å². The lowest BCUT2D eigenvalue weighted by atomic mass is 10.0. The lowest BCUT2D eigenvalue weighted by molar-refractivity contribution is -0.135. The van der Waals surface area contributed by atoms with Gasteiger partial charge in [-0.05, 0) is 67.3 Å². The molecule has 2 heterocycles. The Morgan fingerprint density at radius 2 is 1.79 bits per heavy atom. The SMILES string of the molecule is Cc1cc(COc2ccc(S(=O)(=O)NCC(C(=O)NO)N3CCC(NCc4ccccc4)CC3)cc2)ccn1. The van der Waals surface area contributed by atoms with Crippen LogP contribution in [0.3, 0.4) is 0 Å². The van der Waals surface area contributed by atoms with Gasteiger partial charge in [-0.2, -0.15) is 0 Å². The van der Waals surface area contributed by atoms with Crippen LogP contribution >= 0.6 is 0 Å². The van der Waals surface area contributed by atoms with E-state index in [2.05, 4.69) is 27.2 Å². The number of carbonyl (C=O) groups is 1. The van der Waals surface area contributed by atoms with E-state index >= 15 is 0 Å². The first kappa shape index (κ1) is 28.7. The zero-order valence-electron chi connectivity index (χ0n) is 21.9. The molecule has 1 atom stereocenters. The topological polar surface area (TPSA) is 133 Å². The lowest BCUT2D eigenvalue weighted by Crippen LogP contribution is -2.55. The standard InChI is InChI=1S/C28H35N5O5S/c1-21-17-23(11-14-29-21)20-38-25-7-9-26(10-8-25)39(36,37)31-19-27(28(34)32-35)33-15-12-24(13-16-33)30-18-22-5-3-2-4-6-22/h2-11,14,17,24,27,30-31,35H,12-13,15-16,18-20H2,1H3,(H,32,34). The first-order valence-corrected chi connectivity index (χ1v) is 14.4. The van der Waals surface area contributed by atoms with Crippen LogP contribution in [0, 0.1) is 6.92 Å². The quantitative estimate of drug-likeness (QED) is 0.199. The Kier molecular flexibility index (Phi) is 10.0.